The maximum atomic E-state index is 12.1. The van der Waals surface area contributed by atoms with Crippen molar-refractivity contribution in [3.63, 3.8) is 0 Å². The molecule has 0 bridgehead atoms. The zero-order chi connectivity index (χ0) is 16.3. The van der Waals surface area contributed by atoms with E-state index in [4.69, 9.17) is 4.74 Å². The maximum absolute atomic E-state index is 12.1. The van der Waals surface area contributed by atoms with Gasteiger partial charge in [0, 0.05) is 24.2 Å². The number of aromatic nitrogens is 2. The molecule has 0 saturated carbocycles. The summed E-state index contributed by atoms with van der Waals surface area (Å²) >= 11 is 1.06. The lowest BCUT2D eigenvalue weighted by atomic mass is 9.76. The molecule has 1 fully saturated rings. The molecule has 7 heteroatoms. The van der Waals surface area contributed by atoms with Gasteiger partial charge in [-0.1, -0.05) is 41.7 Å². The lowest BCUT2D eigenvalue weighted by Crippen LogP contribution is -2.46. The molecule has 1 atom stereocenters. The average Bonchev–Trinajstić information content (AvgIpc) is 2.97. The Balaban J connectivity index is 1.80. The smallest absolute Gasteiger partial charge is 0.325 e. The molecule has 2 aromatic rings. The minimum absolute atomic E-state index is 0.0860. The van der Waals surface area contributed by atoms with Gasteiger partial charge in [0.05, 0.1) is 19.3 Å². The van der Waals surface area contributed by atoms with E-state index in [1.165, 1.54) is 4.68 Å². The highest BCUT2D eigenvalue weighted by molar-refractivity contribution is 7.12. The molecular weight excluding hydrogens is 316 g/mol. The van der Waals surface area contributed by atoms with Crippen LogP contribution in [0.1, 0.15) is 12.8 Å². The third-order valence-electron chi connectivity index (χ3n) is 4.48. The third kappa shape index (κ3) is 3.37. The Hall–Kier alpha value is -1.54. The van der Waals surface area contributed by atoms with Gasteiger partial charge in [-0.25, -0.2) is 4.68 Å². The third-order valence-corrected chi connectivity index (χ3v) is 5.38. The van der Waals surface area contributed by atoms with Crippen molar-refractivity contribution < 1.29 is 14.9 Å². The molecule has 1 aliphatic heterocycles. The van der Waals surface area contributed by atoms with Gasteiger partial charge in [0.25, 0.3) is 0 Å². The largest absolute Gasteiger partial charge is 0.396 e. The van der Waals surface area contributed by atoms with Crippen molar-refractivity contribution in [1.82, 2.24) is 9.78 Å². The van der Waals surface area contributed by atoms with Crippen LogP contribution in [0.5, 0.6) is 0 Å². The molecule has 124 valence electrons. The molecule has 0 spiro atoms. The fourth-order valence-corrected chi connectivity index (χ4v) is 3.63. The summed E-state index contributed by atoms with van der Waals surface area (Å²) in [5, 5.41) is 25.3. The van der Waals surface area contributed by atoms with Crippen molar-refractivity contribution in [2.24, 2.45) is 5.41 Å². The first kappa shape index (κ1) is 16.3. The molecule has 0 aliphatic carbocycles. The van der Waals surface area contributed by atoms with Gasteiger partial charge in [-0.2, -0.15) is 5.10 Å². The van der Waals surface area contributed by atoms with E-state index in [9.17, 15) is 15.0 Å². The van der Waals surface area contributed by atoms with Crippen LogP contribution in [0.2, 0.25) is 0 Å². The van der Waals surface area contributed by atoms with E-state index in [0.29, 0.717) is 31.1 Å². The molecule has 0 radical (unpaired) electrons. The minimum atomic E-state index is -0.833. The summed E-state index contributed by atoms with van der Waals surface area (Å²) in [6.45, 7) is 0.988. The Bertz CT molecular complexity index is 692. The Labute approximate surface area is 138 Å². The van der Waals surface area contributed by atoms with E-state index in [0.717, 1.165) is 16.9 Å². The van der Waals surface area contributed by atoms with Gasteiger partial charge >= 0.3 is 4.87 Å². The number of ether oxygens (including phenoxy) is 1. The predicted octanol–water partition coefficient (Wildman–Crippen LogP) is 1.12. The summed E-state index contributed by atoms with van der Waals surface area (Å²) in [7, 11) is 0. The number of aliphatic hydroxyl groups excluding tert-OH is 2. The van der Waals surface area contributed by atoms with Crippen LogP contribution in [0, 0.1) is 5.41 Å². The zero-order valence-electron chi connectivity index (χ0n) is 12.7. The molecule has 1 aliphatic rings. The Morgan fingerprint density at radius 3 is 2.65 bits per heavy atom. The van der Waals surface area contributed by atoms with Crippen LogP contribution in [0.15, 0.2) is 35.1 Å². The Kier molecular flexibility index (Phi) is 4.91. The SMILES string of the molecule is O=c1sc(-c2ccccc2)nn1CC(O)C1(CO)CCOCC1. The number of rotatable bonds is 5. The van der Waals surface area contributed by atoms with Crippen LogP contribution in [0.25, 0.3) is 10.6 Å². The molecule has 1 unspecified atom stereocenters. The topological polar surface area (TPSA) is 84.6 Å². The van der Waals surface area contributed by atoms with Crippen molar-refractivity contribution in [2.45, 2.75) is 25.5 Å². The molecule has 1 aromatic carbocycles. The van der Waals surface area contributed by atoms with Crippen LogP contribution in [0.3, 0.4) is 0 Å². The molecule has 0 amide bonds. The Morgan fingerprint density at radius 2 is 2.00 bits per heavy atom. The first-order valence-electron chi connectivity index (χ1n) is 7.65. The monoisotopic (exact) mass is 336 g/mol. The lowest BCUT2D eigenvalue weighted by molar-refractivity contribution is -0.0941. The first-order chi connectivity index (χ1) is 11.1. The predicted molar refractivity (Wildman–Crippen MR) is 87.4 cm³/mol. The molecule has 1 aromatic heterocycles. The standard InChI is InChI=1S/C16H20N2O4S/c19-11-16(6-8-22-9-7-16)13(20)10-18-15(21)23-14(17-18)12-4-2-1-3-5-12/h1-5,13,19-20H,6-11H2. The molecule has 2 heterocycles. The van der Waals surface area contributed by atoms with E-state index < -0.39 is 11.5 Å². The van der Waals surface area contributed by atoms with Crippen LogP contribution >= 0.6 is 11.3 Å². The highest BCUT2D eigenvalue weighted by atomic mass is 32.1. The molecular formula is C16H20N2O4S. The van der Waals surface area contributed by atoms with E-state index in [2.05, 4.69) is 5.10 Å². The van der Waals surface area contributed by atoms with Gasteiger partial charge in [-0.3, -0.25) is 4.79 Å². The lowest BCUT2D eigenvalue weighted by Gasteiger charge is -2.39. The summed E-state index contributed by atoms with van der Waals surface area (Å²) in [6, 6.07) is 9.48. The number of hydrogen-bond donors (Lipinski definition) is 2. The average molecular weight is 336 g/mol. The van der Waals surface area contributed by atoms with Gasteiger partial charge in [0.15, 0.2) is 0 Å². The molecule has 1 saturated heterocycles. The summed E-state index contributed by atoms with van der Waals surface area (Å²) in [5.41, 5.74) is 0.264. The summed E-state index contributed by atoms with van der Waals surface area (Å²) < 4.78 is 6.60. The van der Waals surface area contributed by atoms with Gasteiger partial charge in [0.1, 0.15) is 5.01 Å². The van der Waals surface area contributed by atoms with Crippen molar-refractivity contribution >= 4 is 11.3 Å². The van der Waals surface area contributed by atoms with Crippen molar-refractivity contribution in [2.75, 3.05) is 19.8 Å². The highest BCUT2D eigenvalue weighted by Gasteiger charge is 2.39. The van der Waals surface area contributed by atoms with Crippen LogP contribution in [0.4, 0.5) is 0 Å². The van der Waals surface area contributed by atoms with Gasteiger partial charge in [-0.05, 0) is 12.8 Å². The second kappa shape index (κ2) is 6.92. The number of benzene rings is 1. The normalized spacial score (nSPS) is 18.7. The summed E-state index contributed by atoms with van der Waals surface area (Å²) in [5.74, 6) is 0. The quantitative estimate of drug-likeness (QED) is 0.855. The minimum Gasteiger partial charge on any atom is -0.396 e. The molecule has 6 nitrogen and oxygen atoms in total. The van der Waals surface area contributed by atoms with Gasteiger partial charge < -0.3 is 14.9 Å². The van der Waals surface area contributed by atoms with E-state index >= 15 is 0 Å². The van der Waals surface area contributed by atoms with Crippen molar-refractivity contribution in [1.29, 1.82) is 0 Å². The first-order valence-corrected chi connectivity index (χ1v) is 8.46. The molecule has 2 N–H and O–H groups in total. The molecule has 23 heavy (non-hydrogen) atoms. The second-order valence-corrected chi connectivity index (χ2v) is 6.81. The fourth-order valence-electron chi connectivity index (χ4n) is 2.85. The van der Waals surface area contributed by atoms with Gasteiger partial charge in [0.2, 0.25) is 0 Å². The Morgan fingerprint density at radius 1 is 1.30 bits per heavy atom. The maximum Gasteiger partial charge on any atom is 0.325 e. The number of nitrogens with zero attached hydrogens (tertiary/aromatic N) is 2. The van der Waals surface area contributed by atoms with Crippen LogP contribution in [-0.4, -0.2) is 45.9 Å². The number of aliphatic hydroxyl groups is 2. The fraction of sp³-hybridized carbons (Fsp3) is 0.500. The van der Waals surface area contributed by atoms with Crippen molar-refractivity contribution in [3.8, 4) is 10.6 Å². The van der Waals surface area contributed by atoms with Crippen LogP contribution in [-0.2, 0) is 11.3 Å². The zero-order valence-corrected chi connectivity index (χ0v) is 13.5. The number of hydrogen-bond acceptors (Lipinski definition) is 6. The summed E-state index contributed by atoms with van der Waals surface area (Å²) in [4.78, 5) is 11.9. The van der Waals surface area contributed by atoms with Gasteiger partial charge in [-0.15, -0.1) is 0 Å². The summed E-state index contributed by atoms with van der Waals surface area (Å²) in [6.07, 6.45) is 0.323. The second-order valence-electron chi connectivity index (χ2n) is 5.87. The van der Waals surface area contributed by atoms with E-state index in [1.54, 1.807) is 0 Å². The highest BCUT2D eigenvalue weighted by Crippen LogP contribution is 2.34. The van der Waals surface area contributed by atoms with E-state index in [1.807, 2.05) is 30.3 Å². The molecule has 3 rings (SSSR count). The van der Waals surface area contributed by atoms with Crippen molar-refractivity contribution in [3.05, 3.63) is 40.0 Å². The van der Waals surface area contributed by atoms with E-state index in [-0.39, 0.29) is 18.0 Å². The van der Waals surface area contributed by atoms with Crippen LogP contribution < -0.4 is 4.87 Å².